The molecule has 1 heterocycles. The minimum Gasteiger partial charge on any atom is -0.493 e. The van der Waals surface area contributed by atoms with Gasteiger partial charge in [0.15, 0.2) is 0 Å². The molecule has 0 aliphatic carbocycles. The highest BCUT2D eigenvalue weighted by molar-refractivity contribution is 5.87. The van der Waals surface area contributed by atoms with Gasteiger partial charge >= 0.3 is 5.97 Å². The monoisotopic (exact) mass is 297 g/mol. The standard InChI is InChI=1S/C18H19NO3/c1-3-22-17-13-14(12-16-6-4-5-11-19-16)7-8-15(17)9-10-18(20)21-2/h4-11,13H,3,12H2,1-2H3. The number of pyridine rings is 1. The number of hydrogen-bond donors (Lipinski definition) is 0. The van der Waals surface area contributed by atoms with Crippen molar-refractivity contribution >= 4 is 12.0 Å². The van der Waals surface area contributed by atoms with Crippen LogP contribution in [0.2, 0.25) is 0 Å². The Morgan fingerprint density at radius 1 is 1.27 bits per heavy atom. The molecule has 22 heavy (non-hydrogen) atoms. The van der Waals surface area contributed by atoms with Crippen molar-refractivity contribution in [1.29, 1.82) is 0 Å². The molecule has 0 aliphatic rings. The molecule has 0 radical (unpaired) electrons. The Kier molecular flexibility index (Phi) is 5.72. The molecule has 0 atom stereocenters. The molecule has 2 aromatic rings. The Balaban J connectivity index is 2.22. The van der Waals surface area contributed by atoms with E-state index in [9.17, 15) is 4.79 Å². The molecule has 4 heteroatoms. The Morgan fingerprint density at radius 2 is 2.14 bits per heavy atom. The lowest BCUT2D eigenvalue weighted by molar-refractivity contribution is -0.134. The van der Waals surface area contributed by atoms with E-state index < -0.39 is 0 Å². The van der Waals surface area contributed by atoms with Gasteiger partial charge in [-0.05, 0) is 36.8 Å². The predicted octanol–water partition coefficient (Wildman–Crippen LogP) is 3.26. The Hall–Kier alpha value is -2.62. The van der Waals surface area contributed by atoms with Crippen LogP contribution < -0.4 is 4.74 Å². The Morgan fingerprint density at radius 3 is 2.82 bits per heavy atom. The van der Waals surface area contributed by atoms with Crippen LogP contribution >= 0.6 is 0 Å². The average molecular weight is 297 g/mol. The van der Waals surface area contributed by atoms with Crippen molar-refractivity contribution in [2.24, 2.45) is 0 Å². The van der Waals surface area contributed by atoms with Gasteiger partial charge in [0, 0.05) is 30.0 Å². The van der Waals surface area contributed by atoms with Crippen molar-refractivity contribution in [2.75, 3.05) is 13.7 Å². The number of carbonyl (C=O) groups excluding carboxylic acids is 1. The summed E-state index contributed by atoms with van der Waals surface area (Å²) < 4.78 is 10.3. The van der Waals surface area contributed by atoms with E-state index in [1.54, 1.807) is 12.3 Å². The highest BCUT2D eigenvalue weighted by atomic mass is 16.5. The molecule has 0 bridgehead atoms. The van der Waals surface area contributed by atoms with Crippen LogP contribution in [0.4, 0.5) is 0 Å². The molecule has 1 aromatic carbocycles. The van der Waals surface area contributed by atoms with Gasteiger partial charge in [0.2, 0.25) is 0 Å². The van der Waals surface area contributed by atoms with E-state index in [0.29, 0.717) is 6.61 Å². The molecule has 0 saturated heterocycles. The maximum Gasteiger partial charge on any atom is 0.330 e. The first-order chi connectivity index (χ1) is 10.7. The number of esters is 1. The highest BCUT2D eigenvalue weighted by Crippen LogP contribution is 2.23. The van der Waals surface area contributed by atoms with E-state index in [1.165, 1.54) is 13.2 Å². The van der Waals surface area contributed by atoms with Gasteiger partial charge in [0.25, 0.3) is 0 Å². The van der Waals surface area contributed by atoms with Gasteiger partial charge in [-0.25, -0.2) is 4.79 Å². The van der Waals surface area contributed by atoms with E-state index >= 15 is 0 Å². The second-order valence-corrected chi connectivity index (χ2v) is 4.66. The van der Waals surface area contributed by atoms with Crippen LogP contribution in [0.25, 0.3) is 6.08 Å². The number of aromatic nitrogens is 1. The summed E-state index contributed by atoms with van der Waals surface area (Å²) in [5, 5.41) is 0. The van der Waals surface area contributed by atoms with Gasteiger partial charge in [-0.2, -0.15) is 0 Å². The second kappa shape index (κ2) is 7.98. The summed E-state index contributed by atoms with van der Waals surface area (Å²) in [5.41, 5.74) is 2.96. The molecule has 0 spiro atoms. The molecule has 0 fully saturated rings. The van der Waals surface area contributed by atoms with Gasteiger partial charge in [-0.15, -0.1) is 0 Å². The van der Waals surface area contributed by atoms with Gasteiger partial charge in [-0.1, -0.05) is 18.2 Å². The van der Waals surface area contributed by atoms with Crippen LogP contribution in [-0.4, -0.2) is 24.7 Å². The lowest BCUT2D eigenvalue weighted by Gasteiger charge is -2.10. The van der Waals surface area contributed by atoms with Crippen LogP contribution in [0.3, 0.4) is 0 Å². The molecule has 1 aromatic heterocycles. The maximum absolute atomic E-state index is 11.2. The molecule has 0 saturated carbocycles. The summed E-state index contributed by atoms with van der Waals surface area (Å²) in [6.07, 6.45) is 5.60. The smallest absolute Gasteiger partial charge is 0.330 e. The zero-order valence-corrected chi connectivity index (χ0v) is 12.8. The summed E-state index contributed by atoms with van der Waals surface area (Å²) in [5.74, 6) is 0.357. The molecule has 0 N–H and O–H groups in total. The Bertz CT molecular complexity index is 651. The van der Waals surface area contributed by atoms with Gasteiger partial charge < -0.3 is 9.47 Å². The molecule has 0 amide bonds. The third-order valence-electron chi connectivity index (χ3n) is 3.09. The average Bonchev–Trinajstić information content (AvgIpc) is 2.55. The largest absolute Gasteiger partial charge is 0.493 e. The van der Waals surface area contributed by atoms with E-state index in [1.807, 2.05) is 43.3 Å². The van der Waals surface area contributed by atoms with Crippen molar-refractivity contribution in [3.05, 3.63) is 65.5 Å². The minimum absolute atomic E-state index is 0.389. The normalized spacial score (nSPS) is 10.6. The fraction of sp³-hybridized carbons (Fsp3) is 0.222. The number of rotatable bonds is 6. The third-order valence-corrected chi connectivity index (χ3v) is 3.09. The number of carbonyl (C=O) groups is 1. The number of hydrogen-bond acceptors (Lipinski definition) is 4. The van der Waals surface area contributed by atoms with Crippen molar-refractivity contribution in [1.82, 2.24) is 4.98 Å². The summed E-state index contributed by atoms with van der Waals surface area (Å²) in [7, 11) is 1.35. The quantitative estimate of drug-likeness (QED) is 0.606. The van der Waals surface area contributed by atoms with Gasteiger partial charge in [0.1, 0.15) is 5.75 Å². The zero-order valence-electron chi connectivity index (χ0n) is 12.8. The number of nitrogens with zero attached hydrogens (tertiary/aromatic N) is 1. The maximum atomic E-state index is 11.2. The van der Waals surface area contributed by atoms with E-state index in [4.69, 9.17) is 4.74 Å². The first-order valence-corrected chi connectivity index (χ1v) is 7.14. The van der Waals surface area contributed by atoms with E-state index in [0.717, 1.165) is 29.0 Å². The van der Waals surface area contributed by atoms with Crippen LogP contribution in [0.15, 0.2) is 48.7 Å². The molecule has 2 rings (SSSR count). The summed E-state index contributed by atoms with van der Waals surface area (Å²) in [6, 6.07) is 11.8. The van der Waals surface area contributed by atoms with Crippen LogP contribution in [0.1, 0.15) is 23.7 Å². The number of methoxy groups -OCH3 is 1. The lowest BCUT2D eigenvalue weighted by atomic mass is 10.1. The number of benzene rings is 1. The van der Waals surface area contributed by atoms with E-state index in [-0.39, 0.29) is 5.97 Å². The minimum atomic E-state index is -0.389. The van der Waals surface area contributed by atoms with Gasteiger partial charge in [-0.3, -0.25) is 4.98 Å². The zero-order chi connectivity index (χ0) is 15.8. The molecular weight excluding hydrogens is 278 g/mol. The fourth-order valence-corrected chi connectivity index (χ4v) is 2.04. The fourth-order valence-electron chi connectivity index (χ4n) is 2.04. The van der Waals surface area contributed by atoms with Crippen LogP contribution in [0.5, 0.6) is 5.75 Å². The van der Waals surface area contributed by atoms with Crippen molar-refractivity contribution in [3.8, 4) is 5.75 Å². The highest BCUT2D eigenvalue weighted by Gasteiger charge is 2.05. The predicted molar refractivity (Wildman–Crippen MR) is 85.7 cm³/mol. The molecule has 0 aliphatic heterocycles. The van der Waals surface area contributed by atoms with Crippen molar-refractivity contribution < 1.29 is 14.3 Å². The Labute approximate surface area is 130 Å². The molecule has 4 nitrogen and oxygen atoms in total. The second-order valence-electron chi connectivity index (χ2n) is 4.66. The molecule has 0 unspecified atom stereocenters. The summed E-state index contributed by atoms with van der Waals surface area (Å²) >= 11 is 0. The van der Waals surface area contributed by atoms with Crippen molar-refractivity contribution in [2.45, 2.75) is 13.3 Å². The third kappa shape index (κ3) is 4.45. The molecule has 114 valence electrons. The van der Waals surface area contributed by atoms with E-state index in [2.05, 4.69) is 9.72 Å². The summed E-state index contributed by atoms with van der Waals surface area (Å²) in [4.78, 5) is 15.5. The van der Waals surface area contributed by atoms with Crippen molar-refractivity contribution in [3.63, 3.8) is 0 Å². The lowest BCUT2D eigenvalue weighted by Crippen LogP contribution is -1.98. The SMILES string of the molecule is CCOc1cc(Cc2ccccn2)ccc1C=CC(=O)OC. The van der Waals surface area contributed by atoms with Crippen LogP contribution in [-0.2, 0) is 16.0 Å². The topological polar surface area (TPSA) is 48.4 Å². The first-order valence-electron chi connectivity index (χ1n) is 7.14. The first kappa shape index (κ1) is 15.8. The van der Waals surface area contributed by atoms with Gasteiger partial charge in [0.05, 0.1) is 13.7 Å². The van der Waals surface area contributed by atoms with Crippen LogP contribution in [0, 0.1) is 0 Å². The molecular formula is C18H19NO3. The summed E-state index contributed by atoms with van der Waals surface area (Å²) in [6.45, 7) is 2.49. The number of ether oxygens (including phenoxy) is 2.